The van der Waals surface area contributed by atoms with E-state index >= 15 is 0 Å². The molecule has 3 aromatic rings. The second kappa shape index (κ2) is 11.5. The molecule has 0 heterocycles. The van der Waals surface area contributed by atoms with Crippen LogP contribution in [0.3, 0.4) is 0 Å². The number of methoxy groups -OCH3 is 1. The number of hydrazone groups is 1. The third-order valence-corrected chi connectivity index (χ3v) is 7.80. The van der Waals surface area contributed by atoms with Crippen LogP contribution in [0.1, 0.15) is 21.5 Å². The molecule has 1 amide bonds. The van der Waals surface area contributed by atoms with Gasteiger partial charge in [-0.15, -0.1) is 0 Å². The van der Waals surface area contributed by atoms with E-state index in [4.69, 9.17) is 32.7 Å². The van der Waals surface area contributed by atoms with Gasteiger partial charge in [0.15, 0.2) is 11.5 Å². The fraction of sp³-hybridized carbons (Fsp3) is 0.0909. The second-order valence-electron chi connectivity index (χ2n) is 6.34. The van der Waals surface area contributed by atoms with Gasteiger partial charge in [0.05, 0.1) is 33.4 Å². The van der Waals surface area contributed by atoms with Gasteiger partial charge in [-0.1, -0.05) is 41.4 Å². The molecule has 3 aromatic carbocycles. The Hall–Kier alpha value is -1.58. The van der Waals surface area contributed by atoms with Gasteiger partial charge in [0, 0.05) is 14.5 Å². The lowest BCUT2D eigenvalue weighted by Gasteiger charge is -2.15. The van der Waals surface area contributed by atoms with Crippen LogP contribution in [-0.2, 0) is 6.61 Å². The zero-order chi connectivity index (χ0) is 23.3. The highest BCUT2D eigenvalue weighted by Crippen LogP contribution is 2.42. The molecular weight excluding hydrogens is 651 g/mol. The summed E-state index contributed by atoms with van der Waals surface area (Å²) in [6.07, 6.45) is 1.51. The number of carbonyl (C=O) groups excluding carboxylic acids is 1. The Balaban J connectivity index is 1.77. The van der Waals surface area contributed by atoms with E-state index in [1.165, 1.54) is 13.3 Å². The summed E-state index contributed by atoms with van der Waals surface area (Å²) in [6, 6.07) is 14.1. The van der Waals surface area contributed by atoms with Crippen LogP contribution in [0.5, 0.6) is 11.5 Å². The van der Waals surface area contributed by atoms with Crippen LogP contribution in [0.2, 0.25) is 10.0 Å². The third kappa shape index (κ3) is 6.05. The second-order valence-corrected chi connectivity index (χ2v) is 9.60. The van der Waals surface area contributed by atoms with Crippen molar-refractivity contribution >= 4 is 83.1 Å². The smallest absolute Gasteiger partial charge is 0.272 e. The predicted molar refractivity (Wildman–Crippen MR) is 138 cm³/mol. The molecule has 0 fully saturated rings. The van der Waals surface area contributed by atoms with E-state index in [9.17, 15) is 4.79 Å². The maximum Gasteiger partial charge on any atom is 0.272 e. The summed E-state index contributed by atoms with van der Waals surface area (Å²) in [5.41, 5.74) is 4.51. The molecule has 0 spiro atoms. The maximum atomic E-state index is 12.3. The lowest BCUT2D eigenvalue weighted by Crippen LogP contribution is -2.18. The van der Waals surface area contributed by atoms with Crippen molar-refractivity contribution in [1.29, 1.82) is 0 Å². The molecular formula is C22H15Br3Cl2N2O3. The molecule has 5 nitrogen and oxygen atoms in total. The van der Waals surface area contributed by atoms with Gasteiger partial charge in [-0.05, 0) is 83.7 Å². The van der Waals surface area contributed by atoms with Gasteiger partial charge in [0.2, 0.25) is 0 Å². The number of nitrogens with zero attached hydrogens (tertiary/aromatic N) is 1. The minimum absolute atomic E-state index is 0.258. The van der Waals surface area contributed by atoms with Crippen LogP contribution in [0, 0.1) is 0 Å². The number of carbonyl (C=O) groups is 1. The van der Waals surface area contributed by atoms with Gasteiger partial charge in [-0.2, -0.15) is 5.10 Å². The Morgan fingerprint density at radius 2 is 1.81 bits per heavy atom. The normalized spacial score (nSPS) is 10.9. The first kappa shape index (κ1) is 25.1. The van der Waals surface area contributed by atoms with E-state index in [1.54, 1.807) is 36.4 Å². The van der Waals surface area contributed by atoms with Crippen molar-refractivity contribution in [3.05, 3.63) is 88.7 Å². The zero-order valence-electron chi connectivity index (χ0n) is 16.5. The number of hydrogen-bond acceptors (Lipinski definition) is 4. The lowest BCUT2D eigenvalue weighted by atomic mass is 10.2. The number of amides is 1. The van der Waals surface area contributed by atoms with Crippen molar-refractivity contribution in [1.82, 2.24) is 5.43 Å². The van der Waals surface area contributed by atoms with Crippen LogP contribution in [-0.4, -0.2) is 19.2 Å². The zero-order valence-corrected chi connectivity index (χ0v) is 22.7. The summed E-state index contributed by atoms with van der Waals surface area (Å²) in [5.74, 6) is 0.649. The topological polar surface area (TPSA) is 59.9 Å². The van der Waals surface area contributed by atoms with Gasteiger partial charge in [-0.3, -0.25) is 4.79 Å². The van der Waals surface area contributed by atoms with Gasteiger partial charge < -0.3 is 9.47 Å². The quantitative estimate of drug-likeness (QED) is 0.209. The average molecular weight is 666 g/mol. The first-order chi connectivity index (χ1) is 15.3. The van der Waals surface area contributed by atoms with Gasteiger partial charge >= 0.3 is 0 Å². The summed E-state index contributed by atoms with van der Waals surface area (Å²) in [6.45, 7) is 0.258. The third-order valence-electron chi connectivity index (χ3n) is 4.23. The van der Waals surface area contributed by atoms with E-state index < -0.39 is 0 Å². The summed E-state index contributed by atoms with van der Waals surface area (Å²) in [4.78, 5) is 12.3. The Labute approximate surface area is 220 Å². The molecule has 0 bridgehead atoms. The summed E-state index contributed by atoms with van der Waals surface area (Å²) >= 11 is 22.5. The molecule has 0 aliphatic carbocycles. The number of hydrogen-bond donors (Lipinski definition) is 1. The Morgan fingerprint density at radius 1 is 1.06 bits per heavy atom. The van der Waals surface area contributed by atoms with Crippen LogP contribution < -0.4 is 14.9 Å². The molecule has 32 heavy (non-hydrogen) atoms. The van der Waals surface area contributed by atoms with E-state index in [-0.39, 0.29) is 12.5 Å². The number of nitrogens with one attached hydrogen (secondary N) is 1. The van der Waals surface area contributed by atoms with Crippen molar-refractivity contribution in [3.8, 4) is 11.5 Å². The van der Waals surface area contributed by atoms with E-state index in [0.29, 0.717) is 46.1 Å². The Kier molecular flexibility index (Phi) is 9.02. The molecule has 1 N–H and O–H groups in total. The molecule has 0 aliphatic rings. The highest BCUT2D eigenvalue weighted by atomic mass is 79.9. The van der Waals surface area contributed by atoms with Crippen molar-refractivity contribution < 1.29 is 14.3 Å². The number of benzene rings is 3. The van der Waals surface area contributed by atoms with Crippen molar-refractivity contribution in [2.45, 2.75) is 6.61 Å². The molecule has 10 heteroatoms. The minimum Gasteiger partial charge on any atom is -0.493 e. The molecule has 0 atom stereocenters. The molecule has 3 rings (SSSR count). The highest BCUT2D eigenvalue weighted by Gasteiger charge is 2.17. The fourth-order valence-electron chi connectivity index (χ4n) is 2.64. The number of ether oxygens (including phenoxy) is 2. The van der Waals surface area contributed by atoms with Crippen molar-refractivity contribution in [2.75, 3.05) is 7.11 Å². The largest absolute Gasteiger partial charge is 0.493 e. The summed E-state index contributed by atoms with van der Waals surface area (Å²) < 4.78 is 13.5. The van der Waals surface area contributed by atoms with Crippen molar-refractivity contribution in [3.63, 3.8) is 0 Å². The van der Waals surface area contributed by atoms with E-state index in [0.717, 1.165) is 5.56 Å². The molecule has 0 unspecified atom stereocenters. The molecule has 0 aromatic heterocycles. The lowest BCUT2D eigenvalue weighted by molar-refractivity contribution is 0.0954. The standard InChI is InChI=1S/C22H15Br3Cl2N2O3/c1-31-18-9-13(10-28-29-22(30)14-4-2-3-5-15(14)23)19(24)20(25)21(18)32-11-12-6-7-16(26)17(27)8-12/h2-10H,11H2,1H3,(H,29,30)/b28-10-. The van der Waals surface area contributed by atoms with Crippen LogP contribution in [0.4, 0.5) is 0 Å². The molecule has 166 valence electrons. The maximum absolute atomic E-state index is 12.3. The highest BCUT2D eigenvalue weighted by molar-refractivity contribution is 9.13. The molecule has 0 saturated heterocycles. The van der Waals surface area contributed by atoms with E-state index in [1.807, 2.05) is 12.1 Å². The fourth-order valence-corrected chi connectivity index (χ4v) is 4.36. The SMILES string of the molecule is COc1cc(/C=N\NC(=O)c2ccccc2Br)c(Br)c(Br)c1OCc1ccc(Cl)c(Cl)c1. The molecule has 0 saturated carbocycles. The van der Waals surface area contributed by atoms with Crippen LogP contribution >= 0.6 is 71.0 Å². The number of rotatable bonds is 7. The van der Waals surface area contributed by atoms with Crippen LogP contribution in [0.25, 0.3) is 0 Å². The molecule has 0 aliphatic heterocycles. The first-order valence-corrected chi connectivity index (χ1v) is 12.2. The first-order valence-electron chi connectivity index (χ1n) is 9.02. The summed E-state index contributed by atoms with van der Waals surface area (Å²) in [7, 11) is 1.54. The molecule has 0 radical (unpaired) electrons. The van der Waals surface area contributed by atoms with E-state index in [2.05, 4.69) is 58.3 Å². The number of halogens is 5. The van der Waals surface area contributed by atoms with Gasteiger partial charge in [0.25, 0.3) is 5.91 Å². The Morgan fingerprint density at radius 3 is 2.50 bits per heavy atom. The van der Waals surface area contributed by atoms with Gasteiger partial charge in [-0.25, -0.2) is 5.43 Å². The average Bonchev–Trinajstić information content (AvgIpc) is 2.78. The summed E-state index contributed by atoms with van der Waals surface area (Å²) in [5, 5.41) is 4.99. The monoisotopic (exact) mass is 662 g/mol. The predicted octanol–water partition coefficient (Wildman–Crippen LogP) is 7.63. The van der Waals surface area contributed by atoms with Crippen LogP contribution in [0.15, 0.2) is 67.1 Å². The minimum atomic E-state index is -0.336. The van der Waals surface area contributed by atoms with Crippen molar-refractivity contribution in [2.24, 2.45) is 5.10 Å². The van der Waals surface area contributed by atoms with Gasteiger partial charge in [0.1, 0.15) is 6.61 Å². The Bertz CT molecular complexity index is 1190.